The zero-order chi connectivity index (χ0) is 13.3. The zero-order valence-corrected chi connectivity index (χ0v) is 12.6. The Morgan fingerprint density at radius 2 is 1.53 bits per heavy atom. The van der Waals surface area contributed by atoms with E-state index < -0.39 is 8.32 Å². The van der Waals surface area contributed by atoms with Gasteiger partial charge in [0, 0.05) is 0 Å². The lowest BCUT2D eigenvalue weighted by molar-refractivity contribution is 0.253. The fraction of sp³-hybridized carbons (Fsp3) is 0.294. The summed E-state index contributed by atoms with van der Waals surface area (Å²) in [5.74, 6) is 0. The van der Waals surface area contributed by atoms with Crippen molar-refractivity contribution in [1.29, 1.82) is 0 Å². The predicted octanol–water partition coefficient (Wildman–Crippen LogP) is 4.00. The van der Waals surface area contributed by atoms with Gasteiger partial charge in [0.05, 0.1) is 6.10 Å². The Balaban J connectivity index is 2.12. The van der Waals surface area contributed by atoms with Gasteiger partial charge in [0.15, 0.2) is 0 Å². The van der Waals surface area contributed by atoms with Crippen molar-refractivity contribution in [1.82, 2.24) is 0 Å². The second-order valence-corrected chi connectivity index (χ2v) is 9.37. The molecule has 2 aromatic carbocycles. The van der Waals surface area contributed by atoms with Gasteiger partial charge in [0.1, 0.15) is 0 Å². The molecule has 0 aliphatic carbocycles. The zero-order valence-electron chi connectivity index (χ0n) is 11.6. The number of fused-ring (bicyclic) bond motifs is 1. The predicted molar refractivity (Wildman–Crippen MR) is 82.2 cm³/mol. The summed E-state index contributed by atoms with van der Waals surface area (Å²) in [5.41, 5.74) is 2.68. The standard InChI is InChI=1S/C17H20OSi/c1-3-19(4-2)16-13-9-8-12-15(16)17(18-19)14-10-6-5-7-11-14/h5-13,17H,3-4H2,1-2H3. The fourth-order valence-corrected chi connectivity index (χ4v) is 6.74. The lowest BCUT2D eigenvalue weighted by Gasteiger charge is -2.25. The Morgan fingerprint density at radius 1 is 0.895 bits per heavy atom. The minimum atomic E-state index is -1.75. The van der Waals surface area contributed by atoms with Crippen molar-refractivity contribution in [2.24, 2.45) is 0 Å². The van der Waals surface area contributed by atoms with Crippen molar-refractivity contribution in [3.8, 4) is 0 Å². The van der Waals surface area contributed by atoms with Crippen LogP contribution in [0.15, 0.2) is 54.6 Å². The van der Waals surface area contributed by atoms with Crippen LogP contribution in [0.2, 0.25) is 12.1 Å². The van der Waals surface area contributed by atoms with Crippen molar-refractivity contribution >= 4 is 13.5 Å². The second kappa shape index (κ2) is 4.95. The van der Waals surface area contributed by atoms with E-state index in [1.54, 1.807) is 0 Å². The normalized spacial score (nSPS) is 20.2. The van der Waals surface area contributed by atoms with E-state index in [4.69, 9.17) is 4.43 Å². The molecule has 1 heterocycles. The molecule has 2 aromatic rings. The largest absolute Gasteiger partial charge is 0.401 e. The highest BCUT2D eigenvalue weighted by Crippen LogP contribution is 2.38. The smallest absolute Gasteiger partial charge is 0.225 e. The first-order valence-corrected chi connectivity index (χ1v) is 9.45. The maximum atomic E-state index is 6.64. The van der Waals surface area contributed by atoms with Crippen LogP contribution >= 0.6 is 0 Å². The second-order valence-electron chi connectivity index (χ2n) is 5.20. The van der Waals surface area contributed by atoms with E-state index in [0.717, 1.165) is 12.1 Å². The maximum Gasteiger partial charge on any atom is 0.225 e. The highest BCUT2D eigenvalue weighted by Gasteiger charge is 2.45. The molecule has 1 nitrogen and oxygen atoms in total. The average Bonchev–Trinajstić information content (AvgIpc) is 2.84. The molecule has 0 amide bonds. The van der Waals surface area contributed by atoms with Crippen molar-refractivity contribution in [2.45, 2.75) is 32.0 Å². The summed E-state index contributed by atoms with van der Waals surface area (Å²) in [7, 11) is -1.75. The number of benzene rings is 2. The van der Waals surface area contributed by atoms with Crippen LogP contribution in [-0.4, -0.2) is 8.32 Å². The molecule has 0 fully saturated rings. The van der Waals surface area contributed by atoms with E-state index in [1.807, 2.05) is 0 Å². The van der Waals surface area contributed by atoms with Crippen LogP contribution in [0.1, 0.15) is 31.1 Å². The first-order valence-electron chi connectivity index (χ1n) is 7.13. The molecule has 19 heavy (non-hydrogen) atoms. The number of hydrogen-bond donors (Lipinski definition) is 0. The Hall–Kier alpha value is -1.38. The monoisotopic (exact) mass is 268 g/mol. The van der Waals surface area contributed by atoms with Gasteiger partial charge in [0.2, 0.25) is 8.32 Å². The molecule has 0 spiro atoms. The van der Waals surface area contributed by atoms with E-state index in [1.165, 1.54) is 16.3 Å². The van der Waals surface area contributed by atoms with Crippen LogP contribution in [0.5, 0.6) is 0 Å². The minimum absolute atomic E-state index is 0.143. The van der Waals surface area contributed by atoms with E-state index in [0.29, 0.717) is 0 Å². The molecule has 2 heteroatoms. The Kier molecular flexibility index (Phi) is 3.29. The summed E-state index contributed by atoms with van der Waals surface area (Å²) in [6, 6.07) is 21.7. The molecule has 0 N–H and O–H groups in total. The lowest BCUT2D eigenvalue weighted by atomic mass is 10.0. The highest BCUT2D eigenvalue weighted by atomic mass is 28.4. The average molecular weight is 268 g/mol. The SMILES string of the molecule is CC[Si]1(CC)OC(c2ccccc2)c2ccccc21. The van der Waals surface area contributed by atoms with Crippen LogP contribution in [-0.2, 0) is 4.43 Å². The quantitative estimate of drug-likeness (QED) is 0.765. The van der Waals surface area contributed by atoms with Gasteiger partial charge in [-0.1, -0.05) is 68.4 Å². The fourth-order valence-electron chi connectivity index (χ4n) is 3.17. The molecule has 0 bridgehead atoms. The van der Waals surface area contributed by atoms with Gasteiger partial charge in [-0.05, 0) is 28.4 Å². The summed E-state index contributed by atoms with van der Waals surface area (Å²) in [6.07, 6.45) is 0.143. The molecular formula is C17H20OSi. The molecule has 3 rings (SSSR count). The van der Waals surface area contributed by atoms with Crippen LogP contribution in [0.3, 0.4) is 0 Å². The summed E-state index contributed by atoms with van der Waals surface area (Å²) < 4.78 is 6.64. The molecule has 1 atom stereocenters. The lowest BCUT2D eigenvalue weighted by Crippen LogP contribution is -2.45. The van der Waals surface area contributed by atoms with Crippen molar-refractivity contribution in [2.75, 3.05) is 0 Å². The third kappa shape index (κ3) is 1.95. The van der Waals surface area contributed by atoms with E-state index in [2.05, 4.69) is 68.4 Å². The molecule has 98 valence electrons. The third-order valence-electron chi connectivity index (χ3n) is 4.32. The molecule has 0 saturated carbocycles. The Labute approximate surface area is 116 Å². The van der Waals surface area contributed by atoms with Gasteiger partial charge in [-0.25, -0.2) is 0 Å². The van der Waals surface area contributed by atoms with Crippen LogP contribution < -0.4 is 5.19 Å². The first kappa shape index (κ1) is 12.6. The Morgan fingerprint density at radius 3 is 2.21 bits per heavy atom. The molecule has 1 aliphatic heterocycles. The summed E-state index contributed by atoms with van der Waals surface area (Å²) in [6.45, 7) is 4.56. The van der Waals surface area contributed by atoms with Crippen molar-refractivity contribution < 1.29 is 4.43 Å². The molecular weight excluding hydrogens is 248 g/mol. The molecule has 1 unspecified atom stereocenters. The summed E-state index contributed by atoms with van der Waals surface area (Å²) >= 11 is 0. The summed E-state index contributed by atoms with van der Waals surface area (Å²) in [5, 5.41) is 1.51. The van der Waals surface area contributed by atoms with Gasteiger partial charge >= 0.3 is 0 Å². The van der Waals surface area contributed by atoms with Crippen molar-refractivity contribution in [3.63, 3.8) is 0 Å². The first-order chi connectivity index (χ1) is 9.30. The summed E-state index contributed by atoms with van der Waals surface area (Å²) in [4.78, 5) is 0. The minimum Gasteiger partial charge on any atom is -0.401 e. The van der Waals surface area contributed by atoms with Gasteiger partial charge in [-0.2, -0.15) is 0 Å². The van der Waals surface area contributed by atoms with Crippen LogP contribution in [0, 0.1) is 0 Å². The highest BCUT2D eigenvalue weighted by molar-refractivity contribution is 6.87. The van der Waals surface area contributed by atoms with Crippen LogP contribution in [0.25, 0.3) is 0 Å². The van der Waals surface area contributed by atoms with E-state index >= 15 is 0 Å². The number of hydrogen-bond acceptors (Lipinski definition) is 1. The third-order valence-corrected chi connectivity index (χ3v) is 8.73. The van der Waals surface area contributed by atoms with E-state index in [-0.39, 0.29) is 6.10 Å². The van der Waals surface area contributed by atoms with Crippen LogP contribution in [0.4, 0.5) is 0 Å². The van der Waals surface area contributed by atoms with E-state index in [9.17, 15) is 0 Å². The molecule has 0 saturated heterocycles. The molecule has 0 aromatic heterocycles. The topological polar surface area (TPSA) is 9.23 Å². The molecule has 0 radical (unpaired) electrons. The Bertz CT molecular complexity index is 560. The maximum absolute atomic E-state index is 6.64. The molecule has 1 aliphatic rings. The van der Waals surface area contributed by atoms with Gasteiger partial charge in [-0.3, -0.25) is 0 Å². The van der Waals surface area contributed by atoms with Gasteiger partial charge in [-0.15, -0.1) is 0 Å². The van der Waals surface area contributed by atoms with Gasteiger partial charge < -0.3 is 4.43 Å². The van der Waals surface area contributed by atoms with Crippen molar-refractivity contribution in [3.05, 3.63) is 65.7 Å². The number of rotatable bonds is 3. The van der Waals surface area contributed by atoms with Gasteiger partial charge in [0.25, 0.3) is 0 Å².